The van der Waals surface area contributed by atoms with Gasteiger partial charge in [0.15, 0.2) is 11.5 Å². The molecule has 2 aromatic carbocycles. The lowest BCUT2D eigenvalue weighted by atomic mass is 10.2. The van der Waals surface area contributed by atoms with Crippen molar-refractivity contribution in [3.63, 3.8) is 0 Å². The topological polar surface area (TPSA) is 76.2 Å². The van der Waals surface area contributed by atoms with E-state index in [4.69, 9.17) is 9.47 Å². The van der Waals surface area contributed by atoms with E-state index in [1.165, 1.54) is 6.08 Å². The van der Waals surface area contributed by atoms with Crippen molar-refractivity contribution in [2.75, 3.05) is 12.1 Å². The van der Waals surface area contributed by atoms with Crippen LogP contribution in [0.15, 0.2) is 48.7 Å². The number of benzene rings is 2. The van der Waals surface area contributed by atoms with Gasteiger partial charge in [0.05, 0.1) is 11.7 Å². The van der Waals surface area contributed by atoms with E-state index < -0.39 is 0 Å². The highest BCUT2D eigenvalue weighted by Crippen LogP contribution is 2.32. The highest BCUT2D eigenvalue weighted by Gasteiger charge is 2.12. The van der Waals surface area contributed by atoms with Gasteiger partial charge in [0, 0.05) is 17.1 Å². The molecule has 0 saturated heterocycles. The van der Waals surface area contributed by atoms with E-state index in [0.29, 0.717) is 11.4 Å². The van der Waals surface area contributed by atoms with Crippen LogP contribution in [0.1, 0.15) is 5.56 Å². The number of nitrogens with zero attached hydrogens (tertiary/aromatic N) is 1. The van der Waals surface area contributed by atoms with Crippen LogP contribution in [0.3, 0.4) is 0 Å². The molecule has 0 bridgehead atoms. The van der Waals surface area contributed by atoms with Crippen LogP contribution in [0.4, 0.5) is 5.69 Å². The number of ether oxygens (including phenoxy) is 2. The van der Waals surface area contributed by atoms with Crippen molar-refractivity contribution in [2.45, 2.75) is 0 Å². The summed E-state index contributed by atoms with van der Waals surface area (Å²) < 4.78 is 10.6. The molecule has 1 aliphatic rings. The molecule has 0 aliphatic carbocycles. The minimum absolute atomic E-state index is 0.207. The van der Waals surface area contributed by atoms with Gasteiger partial charge in [0.2, 0.25) is 12.7 Å². The maximum atomic E-state index is 12.0. The molecule has 0 saturated carbocycles. The summed E-state index contributed by atoms with van der Waals surface area (Å²) in [6.45, 7) is 0.235. The lowest BCUT2D eigenvalue weighted by molar-refractivity contribution is -0.111. The molecule has 1 amide bonds. The summed E-state index contributed by atoms with van der Waals surface area (Å²) in [4.78, 5) is 12.0. The highest BCUT2D eigenvalue weighted by atomic mass is 16.7. The van der Waals surface area contributed by atoms with E-state index in [9.17, 15) is 4.79 Å². The maximum Gasteiger partial charge on any atom is 0.248 e. The van der Waals surface area contributed by atoms with E-state index >= 15 is 0 Å². The smallest absolute Gasteiger partial charge is 0.248 e. The normalized spacial score (nSPS) is 12.9. The summed E-state index contributed by atoms with van der Waals surface area (Å²) in [6.07, 6.45) is 4.95. The van der Waals surface area contributed by atoms with E-state index in [-0.39, 0.29) is 12.7 Å². The van der Waals surface area contributed by atoms with Gasteiger partial charge in [0.1, 0.15) is 0 Å². The molecule has 0 radical (unpaired) electrons. The van der Waals surface area contributed by atoms with Gasteiger partial charge < -0.3 is 14.8 Å². The molecule has 0 spiro atoms. The number of amides is 1. The van der Waals surface area contributed by atoms with Crippen molar-refractivity contribution >= 4 is 28.6 Å². The van der Waals surface area contributed by atoms with Crippen LogP contribution in [-0.2, 0) is 4.79 Å². The molecule has 6 nitrogen and oxygen atoms in total. The molecule has 4 rings (SSSR count). The van der Waals surface area contributed by atoms with Crippen molar-refractivity contribution in [1.29, 1.82) is 0 Å². The third kappa shape index (κ3) is 2.74. The summed E-state index contributed by atoms with van der Waals surface area (Å²) >= 11 is 0. The first-order valence-electron chi connectivity index (χ1n) is 7.10. The first kappa shape index (κ1) is 13.4. The second-order valence-corrected chi connectivity index (χ2v) is 5.11. The Bertz CT molecular complexity index is 914. The lowest BCUT2D eigenvalue weighted by Crippen LogP contribution is -2.07. The Labute approximate surface area is 131 Å². The number of carbonyl (C=O) groups excluding carboxylic acids is 1. The van der Waals surface area contributed by atoms with Gasteiger partial charge in [-0.1, -0.05) is 6.07 Å². The average Bonchev–Trinajstić information content (AvgIpc) is 3.20. The van der Waals surface area contributed by atoms with E-state index in [2.05, 4.69) is 15.5 Å². The van der Waals surface area contributed by atoms with E-state index in [1.54, 1.807) is 12.3 Å². The molecule has 0 unspecified atom stereocenters. The Balaban J connectivity index is 1.46. The van der Waals surface area contributed by atoms with Gasteiger partial charge in [-0.25, -0.2) is 0 Å². The second-order valence-electron chi connectivity index (χ2n) is 5.11. The number of carbonyl (C=O) groups is 1. The molecule has 1 aromatic heterocycles. The van der Waals surface area contributed by atoms with Gasteiger partial charge in [-0.05, 0) is 42.0 Å². The second kappa shape index (κ2) is 5.49. The summed E-state index contributed by atoms with van der Waals surface area (Å²) in [7, 11) is 0. The molecule has 0 atom stereocenters. The van der Waals surface area contributed by atoms with Gasteiger partial charge in [0.25, 0.3) is 0 Å². The predicted octanol–water partition coefficient (Wildman–Crippen LogP) is 2.94. The number of hydrogen-bond donors (Lipinski definition) is 2. The Kier molecular flexibility index (Phi) is 3.20. The van der Waals surface area contributed by atoms with Crippen LogP contribution in [-0.4, -0.2) is 22.9 Å². The van der Waals surface area contributed by atoms with Crippen molar-refractivity contribution in [3.8, 4) is 11.5 Å². The quantitative estimate of drug-likeness (QED) is 0.729. The van der Waals surface area contributed by atoms with Crippen LogP contribution < -0.4 is 14.8 Å². The summed E-state index contributed by atoms with van der Waals surface area (Å²) in [5.74, 6) is 1.21. The zero-order valence-electron chi connectivity index (χ0n) is 12.1. The Morgan fingerprint density at radius 2 is 2.09 bits per heavy atom. The molecule has 0 fully saturated rings. The zero-order valence-corrected chi connectivity index (χ0v) is 12.1. The van der Waals surface area contributed by atoms with Crippen LogP contribution >= 0.6 is 0 Å². The predicted molar refractivity (Wildman–Crippen MR) is 86.3 cm³/mol. The lowest BCUT2D eigenvalue weighted by Gasteiger charge is -2.02. The van der Waals surface area contributed by atoms with Crippen molar-refractivity contribution in [3.05, 3.63) is 54.2 Å². The summed E-state index contributed by atoms with van der Waals surface area (Å²) in [5.41, 5.74) is 2.46. The van der Waals surface area contributed by atoms with Crippen molar-refractivity contribution < 1.29 is 14.3 Å². The molecular weight excluding hydrogens is 294 g/mol. The molecule has 1 aliphatic heterocycles. The van der Waals surface area contributed by atoms with Crippen LogP contribution in [0.5, 0.6) is 11.5 Å². The third-order valence-corrected chi connectivity index (χ3v) is 3.53. The molecule has 2 N–H and O–H groups in total. The summed E-state index contributed by atoms with van der Waals surface area (Å²) in [5, 5.41) is 10.6. The SMILES string of the molecule is O=C(/C=C/c1ccc2c(c1)OCO2)Nc1ccc2cn[nH]c2c1. The Hall–Kier alpha value is -3.28. The van der Waals surface area contributed by atoms with Gasteiger partial charge in [-0.2, -0.15) is 5.10 Å². The fraction of sp³-hybridized carbons (Fsp3) is 0.0588. The highest BCUT2D eigenvalue weighted by molar-refractivity contribution is 6.02. The minimum atomic E-state index is -0.207. The Morgan fingerprint density at radius 3 is 3.04 bits per heavy atom. The van der Waals surface area contributed by atoms with E-state index in [0.717, 1.165) is 22.2 Å². The Morgan fingerprint density at radius 1 is 1.17 bits per heavy atom. The molecule has 3 aromatic rings. The number of aromatic amines is 1. The van der Waals surface area contributed by atoms with Crippen molar-refractivity contribution in [1.82, 2.24) is 10.2 Å². The molecule has 23 heavy (non-hydrogen) atoms. The number of H-pyrrole nitrogens is 1. The fourth-order valence-corrected chi connectivity index (χ4v) is 2.39. The standard InChI is InChI=1S/C17H13N3O3/c21-17(19-13-4-3-12-9-18-20-14(12)8-13)6-2-11-1-5-15-16(7-11)23-10-22-15/h1-9H,10H2,(H,18,20)(H,19,21)/b6-2+. The largest absolute Gasteiger partial charge is 0.454 e. The average molecular weight is 307 g/mol. The fourth-order valence-electron chi connectivity index (χ4n) is 2.39. The molecule has 2 heterocycles. The molecular formula is C17H13N3O3. The van der Waals surface area contributed by atoms with Gasteiger partial charge >= 0.3 is 0 Å². The van der Waals surface area contributed by atoms with E-state index in [1.807, 2.05) is 36.4 Å². The minimum Gasteiger partial charge on any atom is -0.454 e. The number of anilines is 1. The molecule has 6 heteroatoms. The van der Waals surface area contributed by atoms with Gasteiger partial charge in [-0.15, -0.1) is 0 Å². The van der Waals surface area contributed by atoms with Crippen LogP contribution in [0.2, 0.25) is 0 Å². The number of nitrogens with one attached hydrogen (secondary N) is 2. The number of fused-ring (bicyclic) bond motifs is 2. The van der Waals surface area contributed by atoms with Gasteiger partial charge in [-0.3, -0.25) is 9.89 Å². The zero-order chi connectivity index (χ0) is 15.6. The first-order valence-corrected chi connectivity index (χ1v) is 7.10. The monoisotopic (exact) mass is 307 g/mol. The number of hydrogen-bond acceptors (Lipinski definition) is 4. The van der Waals surface area contributed by atoms with Crippen molar-refractivity contribution in [2.24, 2.45) is 0 Å². The first-order chi connectivity index (χ1) is 11.3. The summed E-state index contributed by atoms with van der Waals surface area (Å²) in [6, 6.07) is 11.1. The van der Waals surface area contributed by atoms with Crippen LogP contribution in [0, 0.1) is 0 Å². The number of rotatable bonds is 3. The maximum absolute atomic E-state index is 12.0. The molecule has 114 valence electrons. The van der Waals surface area contributed by atoms with Crippen LogP contribution in [0.25, 0.3) is 17.0 Å². The third-order valence-electron chi connectivity index (χ3n) is 3.53. The number of aromatic nitrogens is 2.